The molecule has 3 aromatic rings. The summed E-state index contributed by atoms with van der Waals surface area (Å²) in [5.74, 6) is -0.580. The Morgan fingerprint density at radius 1 is 0.932 bits per heavy atom. The minimum Gasteiger partial charge on any atom is -0.341 e. The second-order valence-corrected chi connectivity index (χ2v) is 11.4. The number of nitrogens with one attached hydrogen (secondary N) is 2. The Morgan fingerprint density at radius 3 is 2.27 bits per heavy atom. The number of rotatable bonds is 6. The zero-order chi connectivity index (χ0) is 30.8. The number of hydrogen-bond acceptors (Lipinski definition) is 6. The van der Waals surface area contributed by atoms with Crippen LogP contribution in [0.4, 0.5) is 26.2 Å². The normalized spacial score (nSPS) is 21.1. The molecule has 3 aromatic carbocycles. The first-order chi connectivity index (χ1) is 21.3. The number of hydrogen-bond donors (Lipinski definition) is 2. The van der Waals surface area contributed by atoms with Crippen molar-refractivity contribution in [1.29, 1.82) is 0 Å². The van der Waals surface area contributed by atoms with Crippen molar-refractivity contribution < 1.29 is 23.7 Å². The standard InChI is InChI=1S/C32H31FN6O5/c33-26-10-3-1-8-24(26)29-25-9-2-4-11-27(25)38(19-28(40)37-17-20-12-13-21(18-37)15-14-20)31(41)30(35-29)36-32(42)34-22-6-5-7-23(16-22)39(43)44/h1-11,16,20-21,30H,12-15,17-19H2,(H2,34,36,42). The lowest BCUT2D eigenvalue weighted by atomic mass is 9.84. The van der Waals surface area contributed by atoms with Gasteiger partial charge in [-0.1, -0.05) is 36.4 Å². The van der Waals surface area contributed by atoms with Crippen molar-refractivity contribution in [3.63, 3.8) is 0 Å². The van der Waals surface area contributed by atoms with Crippen LogP contribution in [0.25, 0.3) is 0 Å². The lowest BCUT2D eigenvalue weighted by Crippen LogP contribution is -2.51. The van der Waals surface area contributed by atoms with Crippen LogP contribution in [0.1, 0.15) is 36.8 Å². The monoisotopic (exact) mass is 598 g/mol. The highest BCUT2D eigenvalue weighted by Crippen LogP contribution is 2.34. The molecule has 0 aromatic heterocycles. The molecule has 4 aliphatic rings. The van der Waals surface area contributed by atoms with Gasteiger partial charge in [-0.05, 0) is 61.8 Å². The number of non-ortho nitro benzene ring substituents is 1. The molecule has 1 saturated carbocycles. The van der Waals surface area contributed by atoms with Crippen LogP contribution < -0.4 is 15.5 Å². The first kappa shape index (κ1) is 29.0. The maximum Gasteiger partial charge on any atom is 0.321 e. The Hall–Kier alpha value is -5.13. The fraction of sp³-hybridized carbons (Fsp3) is 0.312. The molecule has 44 heavy (non-hydrogen) atoms. The molecular formula is C32H31FN6O5. The van der Waals surface area contributed by atoms with Crippen molar-refractivity contribution in [3.8, 4) is 0 Å². The molecule has 3 aliphatic heterocycles. The third kappa shape index (κ3) is 6.01. The van der Waals surface area contributed by atoms with Crippen LogP contribution in [0.2, 0.25) is 0 Å². The first-order valence-electron chi connectivity index (χ1n) is 14.6. The van der Waals surface area contributed by atoms with E-state index in [9.17, 15) is 24.5 Å². The molecule has 1 atom stereocenters. The van der Waals surface area contributed by atoms with E-state index in [2.05, 4.69) is 15.6 Å². The highest BCUT2D eigenvalue weighted by molar-refractivity contribution is 6.21. The van der Waals surface area contributed by atoms with Gasteiger partial charge in [-0.2, -0.15) is 0 Å². The average molecular weight is 599 g/mol. The highest BCUT2D eigenvalue weighted by atomic mass is 19.1. The Morgan fingerprint density at radius 2 is 1.59 bits per heavy atom. The molecule has 3 fully saturated rings. The highest BCUT2D eigenvalue weighted by Gasteiger charge is 2.37. The summed E-state index contributed by atoms with van der Waals surface area (Å²) in [6.07, 6.45) is 2.82. The molecule has 1 aliphatic carbocycles. The molecule has 2 N–H and O–H groups in total. The lowest BCUT2D eigenvalue weighted by Gasteiger charge is -2.29. The van der Waals surface area contributed by atoms with E-state index in [4.69, 9.17) is 0 Å². The van der Waals surface area contributed by atoms with Crippen LogP contribution in [0.5, 0.6) is 0 Å². The number of benzodiazepines with no additional fused rings is 1. The van der Waals surface area contributed by atoms with Crippen molar-refractivity contribution in [2.45, 2.75) is 31.8 Å². The van der Waals surface area contributed by atoms with Gasteiger partial charge in [0.1, 0.15) is 12.4 Å². The fourth-order valence-electron chi connectivity index (χ4n) is 6.28. The van der Waals surface area contributed by atoms with Crippen LogP contribution in [0, 0.1) is 27.8 Å². The molecule has 11 nitrogen and oxygen atoms in total. The number of anilines is 2. The number of benzene rings is 3. The Kier molecular flexibility index (Phi) is 8.05. The van der Waals surface area contributed by atoms with E-state index in [0.717, 1.165) is 25.7 Å². The summed E-state index contributed by atoms with van der Waals surface area (Å²) < 4.78 is 15.2. The van der Waals surface area contributed by atoms with Gasteiger partial charge in [0.15, 0.2) is 0 Å². The summed E-state index contributed by atoms with van der Waals surface area (Å²) >= 11 is 0. The number of nitro benzene ring substituents is 1. The van der Waals surface area contributed by atoms with Gasteiger partial charge in [0.05, 0.1) is 16.3 Å². The van der Waals surface area contributed by atoms with Crippen molar-refractivity contribution in [2.24, 2.45) is 16.8 Å². The van der Waals surface area contributed by atoms with E-state index in [0.29, 0.717) is 36.2 Å². The molecule has 3 heterocycles. The second-order valence-electron chi connectivity index (χ2n) is 11.4. The van der Waals surface area contributed by atoms with Crippen molar-refractivity contribution in [1.82, 2.24) is 10.2 Å². The molecule has 12 heteroatoms. The number of fused-ring (bicyclic) bond motifs is 5. The number of nitro groups is 1. The van der Waals surface area contributed by atoms with Crippen molar-refractivity contribution in [2.75, 3.05) is 29.9 Å². The average Bonchev–Trinajstić information content (AvgIpc) is 3.40. The Labute approximate surface area is 252 Å². The minimum atomic E-state index is -1.54. The maximum absolute atomic E-state index is 15.2. The quantitative estimate of drug-likeness (QED) is 0.313. The summed E-state index contributed by atoms with van der Waals surface area (Å²) in [5, 5.41) is 16.2. The molecule has 2 saturated heterocycles. The van der Waals surface area contributed by atoms with E-state index < -0.39 is 28.8 Å². The summed E-state index contributed by atoms with van der Waals surface area (Å²) in [5.41, 5.74) is 0.955. The van der Waals surface area contributed by atoms with Gasteiger partial charge in [-0.3, -0.25) is 24.6 Å². The van der Waals surface area contributed by atoms with E-state index in [1.807, 2.05) is 4.90 Å². The third-order valence-electron chi connectivity index (χ3n) is 8.49. The SMILES string of the molecule is O=C(Nc1cccc([N+](=O)[O-])c1)NC1N=C(c2ccccc2F)c2ccccc2N(CC(=O)N2CC3CCC(CC3)C2)C1=O. The van der Waals surface area contributed by atoms with Crippen LogP contribution in [-0.2, 0) is 9.59 Å². The number of nitrogens with zero attached hydrogens (tertiary/aromatic N) is 4. The summed E-state index contributed by atoms with van der Waals surface area (Å²) in [6.45, 7) is 1.01. The molecule has 2 bridgehead atoms. The van der Waals surface area contributed by atoms with Crippen molar-refractivity contribution >= 4 is 40.6 Å². The van der Waals surface area contributed by atoms with Gasteiger partial charge >= 0.3 is 6.03 Å². The smallest absolute Gasteiger partial charge is 0.321 e. The predicted octanol–water partition coefficient (Wildman–Crippen LogP) is 4.71. The largest absolute Gasteiger partial charge is 0.341 e. The molecule has 0 radical (unpaired) electrons. The molecule has 1 unspecified atom stereocenters. The number of aliphatic imine (C=N–C) groups is 1. The van der Waals surface area contributed by atoms with Crippen LogP contribution in [0.3, 0.4) is 0 Å². The van der Waals surface area contributed by atoms with Crippen LogP contribution >= 0.6 is 0 Å². The topological polar surface area (TPSA) is 137 Å². The van der Waals surface area contributed by atoms with Gasteiger partial charge in [0.2, 0.25) is 12.1 Å². The van der Waals surface area contributed by atoms with Gasteiger partial charge in [-0.25, -0.2) is 14.2 Å². The predicted molar refractivity (Wildman–Crippen MR) is 162 cm³/mol. The van der Waals surface area contributed by atoms with E-state index in [1.54, 1.807) is 30.3 Å². The number of urea groups is 1. The van der Waals surface area contributed by atoms with Crippen LogP contribution in [-0.4, -0.2) is 59.2 Å². The Balaban J connectivity index is 1.34. The zero-order valence-electron chi connectivity index (χ0n) is 23.8. The number of carbonyl (C=O) groups is 3. The molecule has 7 rings (SSSR count). The van der Waals surface area contributed by atoms with Crippen LogP contribution in [0.15, 0.2) is 77.8 Å². The third-order valence-corrected chi connectivity index (χ3v) is 8.49. The fourth-order valence-corrected chi connectivity index (χ4v) is 6.28. The van der Waals surface area contributed by atoms with E-state index in [1.165, 1.54) is 47.4 Å². The number of amides is 4. The Bertz CT molecular complexity index is 1640. The summed E-state index contributed by atoms with van der Waals surface area (Å²) in [4.78, 5) is 59.3. The summed E-state index contributed by atoms with van der Waals surface area (Å²) in [6, 6.07) is 17.3. The maximum atomic E-state index is 15.2. The summed E-state index contributed by atoms with van der Waals surface area (Å²) in [7, 11) is 0. The zero-order valence-corrected chi connectivity index (χ0v) is 23.8. The number of para-hydroxylation sites is 1. The number of halogens is 1. The molecule has 0 spiro atoms. The number of carbonyl (C=O) groups excluding carboxylic acids is 3. The van der Waals surface area contributed by atoms with Gasteiger partial charge in [0.25, 0.3) is 11.6 Å². The minimum absolute atomic E-state index is 0.121. The van der Waals surface area contributed by atoms with Gasteiger partial charge < -0.3 is 15.5 Å². The van der Waals surface area contributed by atoms with Crippen molar-refractivity contribution in [3.05, 3.63) is 99.9 Å². The molecular weight excluding hydrogens is 567 g/mol. The molecule has 4 amide bonds. The van der Waals surface area contributed by atoms with E-state index >= 15 is 4.39 Å². The van der Waals surface area contributed by atoms with E-state index in [-0.39, 0.29) is 35.1 Å². The first-order valence-corrected chi connectivity index (χ1v) is 14.6. The molecule has 226 valence electrons. The van der Waals surface area contributed by atoms with Gasteiger partial charge in [-0.15, -0.1) is 0 Å². The van der Waals surface area contributed by atoms with Gasteiger partial charge in [0, 0.05) is 42.0 Å². The second kappa shape index (κ2) is 12.2. The lowest BCUT2D eigenvalue weighted by molar-refractivity contribution is -0.384.